The highest BCUT2D eigenvalue weighted by Crippen LogP contribution is 2.17. The van der Waals surface area contributed by atoms with E-state index in [4.69, 9.17) is 5.73 Å². The summed E-state index contributed by atoms with van der Waals surface area (Å²) in [6, 6.07) is 1.84. The third kappa shape index (κ3) is 0.970. The number of H-pyrrole nitrogens is 1. The van der Waals surface area contributed by atoms with E-state index in [0.717, 1.165) is 11.0 Å². The summed E-state index contributed by atoms with van der Waals surface area (Å²) in [5.74, 6) is 0.489. The van der Waals surface area contributed by atoms with Gasteiger partial charge in [-0.25, -0.2) is 9.97 Å². The summed E-state index contributed by atoms with van der Waals surface area (Å²) in [6.07, 6.45) is 1.78. The fourth-order valence-corrected chi connectivity index (χ4v) is 1.31. The Kier molecular flexibility index (Phi) is 1.32. The lowest BCUT2D eigenvalue weighted by Gasteiger charge is -1.94. The summed E-state index contributed by atoms with van der Waals surface area (Å²) < 4.78 is 0.505. The van der Waals surface area contributed by atoms with E-state index in [9.17, 15) is 0 Å². The molecule has 56 valence electrons. The van der Waals surface area contributed by atoms with Gasteiger partial charge in [0.2, 0.25) is 4.73 Å². The van der Waals surface area contributed by atoms with Crippen molar-refractivity contribution in [3.8, 4) is 0 Å². The van der Waals surface area contributed by atoms with Crippen LogP contribution in [0.2, 0.25) is 0 Å². The van der Waals surface area contributed by atoms with Crippen LogP contribution in [0.1, 0.15) is 0 Å². The fourth-order valence-electron chi connectivity index (χ4n) is 0.937. The van der Waals surface area contributed by atoms with Crippen LogP contribution in [0.5, 0.6) is 0 Å². The van der Waals surface area contributed by atoms with E-state index in [1.807, 2.05) is 6.07 Å². The Morgan fingerprint density at radius 2 is 2.27 bits per heavy atom. The van der Waals surface area contributed by atoms with Crippen molar-refractivity contribution in [2.75, 3.05) is 5.73 Å². The van der Waals surface area contributed by atoms with E-state index in [-0.39, 0.29) is 0 Å². The average molecular weight is 213 g/mol. The van der Waals surface area contributed by atoms with Gasteiger partial charge in [-0.15, -0.1) is 0 Å². The van der Waals surface area contributed by atoms with Crippen LogP contribution >= 0.6 is 15.9 Å². The number of aromatic amines is 1. The molecule has 0 unspecified atom stereocenters. The first-order chi connectivity index (χ1) is 5.27. The molecule has 0 saturated carbocycles. The highest BCUT2D eigenvalue weighted by atomic mass is 79.9. The smallest absolute Gasteiger partial charge is 0.200 e. The van der Waals surface area contributed by atoms with E-state index in [1.165, 1.54) is 0 Å². The Labute approximate surface area is 71.0 Å². The number of nitrogen functional groups attached to an aromatic ring is 1. The second-order valence-corrected chi connectivity index (χ2v) is 2.83. The van der Waals surface area contributed by atoms with Gasteiger partial charge in [0, 0.05) is 6.20 Å². The van der Waals surface area contributed by atoms with Crippen molar-refractivity contribution in [3.63, 3.8) is 0 Å². The molecular weight excluding hydrogens is 208 g/mol. The Hall–Kier alpha value is -1.10. The zero-order valence-corrected chi connectivity index (χ0v) is 7.09. The Morgan fingerprint density at radius 1 is 1.45 bits per heavy atom. The lowest BCUT2D eigenvalue weighted by Crippen LogP contribution is -1.93. The number of aromatic nitrogens is 3. The number of hydrogen-bond donors (Lipinski definition) is 2. The maximum Gasteiger partial charge on any atom is 0.200 e. The molecule has 2 heterocycles. The van der Waals surface area contributed by atoms with Crippen molar-refractivity contribution < 1.29 is 0 Å². The van der Waals surface area contributed by atoms with Gasteiger partial charge in [-0.1, -0.05) is 0 Å². The number of rotatable bonds is 0. The Morgan fingerprint density at radius 3 is 3.09 bits per heavy atom. The van der Waals surface area contributed by atoms with Crippen molar-refractivity contribution in [2.24, 2.45) is 0 Å². The molecule has 2 aromatic heterocycles. The van der Waals surface area contributed by atoms with E-state index in [1.54, 1.807) is 6.20 Å². The molecule has 0 aliphatic rings. The molecule has 0 saturated heterocycles. The zero-order chi connectivity index (χ0) is 7.84. The van der Waals surface area contributed by atoms with Gasteiger partial charge in [0.05, 0.1) is 5.39 Å². The van der Waals surface area contributed by atoms with Crippen LogP contribution in [-0.4, -0.2) is 15.0 Å². The summed E-state index contributed by atoms with van der Waals surface area (Å²) in [7, 11) is 0. The standard InChI is InChI=1S/C6H5BrN4/c7-6-10-4(8)3-1-2-9-5(3)11-6/h1-2H,(H3,8,9,10,11). The number of nitrogens with zero attached hydrogens (tertiary/aromatic N) is 2. The minimum absolute atomic E-state index is 0.489. The average Bonchev–Trinajstić information content (AvgIpc) is 2.34. The van der Waals surface area contributed by atoms with Crippen molar-refractivity contribution in [1.29, 1.82) is 0 Å². The molecule has 3 N–H and O–H groups in total. The van der Waals surface area contributed by atoms with Gasteiger partial charge in [-0.2, -0.15) is 0 Å². The van der Waals surface area contributed by atoms with Crippen molar-refractivity contribution in [1.82, 2.24) is 15.0 Å². The topological polar surface area (TPSA) is 67.6 Å². The molecule has 11 heavy (non-hydrogen) atoms. The summed E-state index contributed by atoms with van der Waals surface area (Å²) >= 11 is 3.15. The second-order valence-electron chi connectivity index (χ2n) is 2.12. The van der Waals surface area contributed by atoms with Gasteiger partial charge < -0.3 is 10.7 Å². The lowest BCUT2D eigenvalue weighted by molar-refractivity contribution is 1.15. The quantitative estimate of drug-likeness (QED) is 0.648. The number of nitrogens with one attached hydrogen (secondary N) is 1. The summed E-state index contributed by atoms with van der Waals surface area (Å²) in [5, 5.41) is 0.855. The normalized spacial score (nSPS) is 10.6. The summed E-state index contributed by atoms with van der Waals surface area (Å²) in [5.41, 5.74) is 6.35. The monoisotopic (exact) mass is 212 g/mol. The van der Waals surface area contributed by atoms with Gasteiger partial charge in [0.15, 0.2) is 0 Å². The molecule has 0 radical (unpaired) electrons. The number of halogens is 1. The largest absolute Gasteiger partial charge is 0.383 e. The summed E-state index contributed by atoms with van der Waals surface area (Å²) in [4.78, 5) is 10.9. The predicted molar refractivity (Wildman–Crippen MR) is 46.0 cm³/mol. The predicted octanol–water partition coefficient (Wildman–Crippen LogP) is 1.30. The van der Waals surface area contributed by atoms with Crippen LogP contribution in [0.15, 0.2) is 17.0 Å². The van der Waals surface area contributed by atoms with Gasteiger partial charge in [-0.3, -0.25) is 0 Å². The molecule has 0 aromatic carbocycles. The Bertz CT molecular complexity index is 394. The van der Waals surface area contributed by atoms with Gasteiger partial charge in [-0.05, 0) is 22.0 Å². The molecule has 4 nitrogen and oxygen atoms in total. The molecule has 0 fully saturated rings. The maximum atomic E-state index is 5.60. The molecule has 5 heteroatoms. The van der Waals surface area contributed by atoms with E-state index < -0.39 is 0 Å². The molecule has 2 rings (SSSR count). The van der Waals surface area contributed by atoms with Gasteiger partial charge in [0.1, 0.15) is 11.5 Å². The van der Waals surface area contributed by atoms with Crippen LogP contribution < -0.4 is 5.73 Å². The molecule has 0 aliphatic carbocycles. The molecule has 0 bridgehead atoms. The Balaban J connectivity index is 2.91. The number of fused-ring (bicyclic) bond motifs is 1. The maximum absolute atomic E-state index is 5.60. The molecular formula is C6H5BrN4. The highest BCUT2D eigenvalue weighted by molar-refractivity contribution is 9.10. The van der Waals surface area contributed by atoms with E-state index in [0.29, 0.717) is 10.6 Å². The van der Waals surface area contributed by atoms with E-state index in [2.05, 4.69) is 30.9 Å². The van der Waals surface area contributed by atoms with Crippen molar-refractivity contribution >= 4 is 32.8 Å². The minimum atomic E-state index is 0.489. The van der Waals surface area contributed by atoms with Crippen LogP contribution in [0.25, 0.3) is 11.0 Å². The first kappa shape index (κ1) is 6.60. The molecule has 0 amide bonds. The fraction of sp³-hybridized carbons (Fsp3) is 0. The first-order valence-corrected chi connectivity index (χ1v) is 3.83. The molecule has 2 aromatic rings. The first-order valence-electron chi connectivity index (χ1n) is 3.03. The van der Waals surface area contributed by atoms with Gasteiger partial charge >= 0.3 is 0 Å². The van der Waals surface area contributed by atoms with Crippen LogP contribution in [-0.2, 0) is 0 Å². The van der Waals surface area contributed by atoms with Crippen LogP contribution in [0.3, 0.4) is 0 Å². The number of hydrogen-bond acceptors (Lipinski definition) is 3. The number of nitrogens with two attached hydrogens (primary N) is 1. The highest BCUT2D eigenvalue weighted by Gasteiger charge is 2.02. The van der Waals surface area contributed by atoms with Crippen LogP contribution in [0, 0.1) is 0 Å². The van der Waals surface area contributed by atoms with Crippen LogP contribution in [0.4, 0.5) is 5.82 Å². The third-order valence-corrected chi connectivity index (χ3v) is 1.77. The summed E-state index contributed by atoms with van der Waals surface area (Å²) in [6.45, 7) is 0. The van der Waals surface area contributed by atoms with E-state index >= 15 is 0 Å². The van der Waals surface area contributed by atoms with Crippen molar-refractivity contribution in [3.05, 3.63) is 17.0 Å². The zero-order valence-electron chi connectivity index (χ0n) is 5.50. The second kappa shape index (κ2) is 2.20. The third-order valence-electron chi connectivity index (χ3n) is 1.42. The molecule has 0 spiro atoms. The minimum Gasteiger partial charge on any atom is -0.383 e. The van der Waals surface area contributed by atoms with Gasteiger partial charge in [0.25, 0.3) is 0 Å². The molecule has 0 aliphatic heterocycles. The van der Waals surface area contributed by atoms with Crippen molar-refractivity contribution in [2.45, 2.75) is 0 Å². The SMILES string of the molecule is Nc1nc(Br)nc2[nH]ccc12. The number of anilines is 1. The lowest BCUT2D eigenvalue weighted by atomic mass is 10.4. The molecule has 0 atom stereocenters.